The summed E-state index contributed by atoms with van der Waals surface area (Å²) in [6, 6.07) is 12.7. The van der Waals surface area contributed by atoms with E-state index in [1.54, 1.807) is 0 Å². The van der Waals surface area contributed by atoms with Crippen molar-refractivity contribution in [1.82, 2.24) is 0 Å². The van der Waals surface area contributed by atoms with Crippen molar-refractivity contribution in [2.45, 2.75) is 12.2 Å². The molecule has 1 atom stereocenters. The first kappa shape index (κ1) is 11.6. The van der Waals surface area contributed by atoms with Crippen molar-refractivity contribution in [1.29, 1.82) is 10.5 Å². The fraction of sp³-hybridized carbons (Fsp3) is 0.200. The van der Waals surface area contributed by atoms with Gasteiger partial charge in [0.05, 0.1) is 0 Å². The number of benzene rings is 1. The van der Waals surface area contributed by atoms with E-state index in [-0.39, 0.29) is 0 Å². The van der Waals surface area contributed by atoms with Gasteiger partial charge in [-0.25, -0.2) is 0 Å². The van der Waals surface area contributed by atoms with Crippen LogP contribution in [0.1, 0.15) is 17.7 Å². The summed E-state index contributed by atoms with van der Waals surface area (Å²) in [6.45, 7) is 2.07. The summed E-state index contributed by atoms with van der Waals surface area (Å²) in [6.07, 6.45) is 0. The first-order chi connectivity index (χ1) is 6.22. The van der Waals surface area contributed by atoms with Gasteiger partial charge >= 0.3 is 0 Å². The van der Waals surface area contributed by atoms with Crippen molar-refractivity contribution in [2.24, 2.45) is 0 Å². The van der Waals surface area contributed by atoms with E-state index in [2.05, 4.69) is 31.7 Å². The van der Waals surface area contributed by atoms with Crippen molar-refractivity contribution in [2.75, 3.05) is 0 Å². The summed E-state index contributed by atoms with van der Waals surface area (Å²) in [4.78, 5) is 0. The molecule has 13 heavy (non-hydrogen) atoms. The molecule has 1 aromatic carbocycles. The van der Waals surface area contributed by atoms with E-state index in [4.69, 9.17) is 10.5 Å². The number of thiol groups is 1. The smallest absolute Gasteiger partial charge is 0.181 e. The third-order valence-electron chi connectivity index (χ3n) is 1.33. The lowest BCUT2D eigenvalue weighted by atomic mass is 10.2. The van der Waals surface area contributed by atoms with Crippen LogP contribution in [0.4, 0.5) is 0 Å². The van der Waals surface area contributed by atoms with Gasteiger partial charge in [-0.05, 0) is 12.5 Å². The highest BCUT2D eigenvalue weighted by Crippen LogP contribution is 2.16. The Kier molecular flexibility index (Phi) is 6.41. The van der Waals surface area contributed by atoms with Gasteiger partial charge in [0.1, 0.15) is 0 Å². The predicted molar refractivity (Wildman–Crippen MR) is 55.1 cm³/mol. The second-order valence-corrected chi connectivity index (χ2v) is 3.08. The second kappa shape index (κ2) is 7.21. The molecule has 1 aromatic rings. The maximum Gasteiger partial charge on any atom is 0.181 e. The lowest BCUT2D eigenvalue weighted by Crippen LogP contribution is -1.80. The first-order valence-electron chi connectivity index (χ1n) is 3.73. The van der Waals surface area contributed by atoms with Crippen LogP contribution in [0, 0.1) is 22.7 Å². The molecule has 0 aromatic heterocycles. The molecule has 3 heteroatoms. The fourth-order valence-corrected chi connectivity index (χ4v) is 0.904. The third kappa shape index (κ3) is 5.78. The minimum Gasteiger partial charge on any atom is -0.181 e. The molecule has 0 N–H and O–H groups in total. The molecule has 0 aliphatic carbocycles. The zero-order valence-corrected chi connectivity index (χ0v) is 8.20. The van der Waals surface area contributed by atoms with E-state index in [9.17, 15) is 0 Å². The van der Waals surface area contributed by atoms with Crippen molar-refractivity contribution in [3.63, 3.8) is 0 Å². The molecular formula is C10H10N2S. The molecule has 66 valence electrons. The average molecular weight is 190 g/mol. The topological polar surface area (TPSA) is 47.6 Å². The maximum absolute atomic E-state index is 7.26. The quantitative estimate of drug-likeness (QED) is 0.692. The Morgan fingerprint density at radius 2 is 1.62 bits per heavy atom. The Morgan fingerprint density at radius 3 is 1.85 bits per heavy atom. The fourth-order valence-electron chi connectivity index (χ4n) is 0.732. The lowest BCUT2D eigenvalue weighted by molar-refractivity contribution is 1.11. The van der Waals surface area contributed by atoms with Gasteiger partial charge in [0, 0.05) is 5.25 Å². The van der Waals surface area contributed by atoms with Crippen molar-refractivity contribution in [3.8, 4) is 12.1 Å². The van der Waals surface area contributed by atoms with Gasteiger partial charge < -0.3 is 0 Å². The molecule has 0 saturated heterocycles. The number of hydrogen-bond acceptors (Lipinski definition) is 3. The summed E-state index contributed by atoms with van der Waals surface area (Å²) in [5.74, 6) is 0. The van der Waals surface area contributed by atoms with Crippen LogP contribution in [-0.4, -0.2) is 0 Å². The first-order valence-corrected chi connectivity index (χ1v) is 4.25. The SMILES string of the molecule is CC(S)c1ccccc1.N#CC#N. The zero-order chi connectivity index (χ0) is 10.1. The molecule has 1 unspecified atom stereocenters. The predicted octanol–water partition coefficient (Wildman–Crippen LogP) is 2.71. The van der Waals surface area contributed by atoms with Crippen LogP contribution >= 0.6 is 12.6 Å². The molecule has 0 heterocycles. The molecular weight excluding hydrogens is 180 g/mol. The van der Waals surface area contributed by atoms with E-state index in [1.807, 2.05) is 18.2 Å². The minimum absolute atomic E-state index is 0.353. The molecule has 0 aliphatic rings. The van der Waals surface area contributed by atoms with Crippen molar-refractivity contribution < 1.29 is 0 Å². The Morgan fingerprint density at radius 1 is 1.15 bits per heavy atom. The number of hydrogen-bond donors (Lipinski definition) is 1. The van der Waals surface area contributed by atoms with Crippen LogP contribution in [0.5, 0.6) is 0 Å². The maximum atomic E-state index is 7.26. The lowest BCUT2D eigenvalue weighted by Gasteiger charge is -2.00. The molecule has 0 saturated carbocycles. The standard InChI is InChI=1S/C8H10S.C2N2/c1-7(9)8-5-3-2-4-6-8;3-1-2-4/h2-7,9H,1H3;. The molecule has 0 radical (unpaired) electrons. The molecule has 1 rings (SSSR count). The third-order valence-corrected chi connectivity index (χ3v) is 1.63. The normalized spacial score (nSPS) is 9.85. The molecule has 0 fully saturated rings. The highest BCUT2D eigenvalue weighted by Gasteiger charge is 1.94. The molecule has 0 amide bonds. The van der Waals surface area contributed by atoms with Crippen LogP contribution in [0.15, 0.2) is 30.3 Å². The Bertz CT molecular complexity index is 294. The van der Waals surface area contributed by atoms with Gasteiger partial charge in [-0.2, -0.15) is 23.2 Å². The van der Waals surface area contributed by atoms with Gasteiger partial charge in [0.25, 0.3) is 0 Å². The molecule has 0 bridgehead atoms. The Labute approximate surface area is 83.8 Å². The number of rotatable bonds is 1. The van der Waals surface area contributed by atoms with Gasteiger partial charge in [0.15, 0.2) is 12.1 Å². The summed E-state index contributed by atoms with van der Waals surface area (Å²) >= 11 is 4.29. The van der Waals surface area contributed by atoms with E-state index >= 15 is 0 Å². The summed E-state index contributed by atoms with van der Waals surface area (Å²) in [5.41, 5.74) is 1.28. The highest BCUT2D eigenvalue weighted by atomic mass is 32.1. The molecule has 2 nitrogen and oxygen atoms in total. The Balaban J connectivity index is 0.000000310. The number of nitriles is 2. The molecule has 0 aliphatic heterocycles. The minimum atomic E-state index is 0.353. The van der Waals surface area contributed by atoms with E-state index < -0.39 is 0 Å². The Hall–Kier alpha value is -1.45. The van der Waals surface area contributed by atoms with Crippen molar-refractivity contribution in [3.05, 3.63) is 35.9 Å². The second-order valence-electron chi connectivity index (χ2n) is 2.31. The van der Waals surface area contributed by atoms with Crippen LogP contribution in [0.3, 0.4) is 0 Å². The van der Waals surface area contributed by atoms with Crippen LogP contribution in [-0.2, 0) is 0 Å². The van der Waals surface area contributed by atoms with E-state index in [1.165, 1.54) is 17.7 Å². The largest absolute Gasteiger partial charge is 0.181 e. The summed E-state index contributed by atoms with van der Waals surface area (Å²) < 4.78 is 0. The van der Waals surface area contributed by atoms with E-state index in [0.29, 0.717) is 5.25 Å². The monoisotopic (exact) mass is 190 g/mol. The van der Waals surface area contributed by atoms with Crippen molar-refractivity contribution >= 4 is 12.6 Å². The van der Waals surface area contributed by atoms with Gasteiger partial charge in [-0.1, -0.05) is 30.3 Å². The van der Waals surface area contributed by atoms with Crippen LogP contribution < -0.4 is 0 Å². The van der Waals surface area contributed by atoms with Crippen LogP contribution in [0.2, 0.25) is 0 Å². The van der Waals surface area contributed by atoms with Crippen LogP contribution in [0.25, 0.3) is 0 Å². The number of nitrogens with zero attached hydrogens (tertiary/aromatic N) is 2. The van der Waals surface area contributed by atoms with Gasteiger partial charge in [-0.15, -0.1) is 0 Å². The van der Waals surface area contributed by atoms with Gasteiger partial charge in [-0.3, -0.25) is 0 Å². The van der Waals surface area contributed by atoms with Gasteiger partial charge in [0.2, 0.25) is 0 Å². The average Bonchev–Trinajstić information content (AvgIpc) is 2.19. The zero-order valence-electron chi connectivity index (χ0n) is 7.31. The summed E-state index contributed by atoms with van der Waals surface area (Å²) in [7, 11) is 0. The highest BCUT2D eigenvalue weighted by molar-refractivity contribution is 7.80. The van der Waals surface area contributed by atoms with E-state index in [0.717, 1.165) is 0 Å². The molecule has 0 spiro atoms. The summed E-state index contributed by atoms with van der Waals surface area (Å²) in [5, 5.41) is 14.9.